The standard InChI is InChI=1S/C16H24N2O2.ClH/c1-12-5-3-4-6-14(12)9-13(2)18-16(19)10-15-11-20-8-7-17-15;/h3-6,13,15,17H,7-11H2,1-2H3,(H,18,19);1H. The van der Waals surface area contributed by atoms with Gasteiger partial charge >= 0.3 is 0 Å². The number of aryl methyl sites for hydroxylation is 1. The van der Waals surface area contributed by atoms with Gasteiger partial charge in [0.1, 0.15) is 0 Å². The van der Waals surface area contributed by atoms with E-state index in [-0.39, 0.29) is 30.4 Å². The lowest BCUT2D eigenvalue weighted by molar-refractivity contribution is -0.122. The average molecular weight is 313 g/mol. The van der Waals surface area contributed by atoms with Crippen molar-refractivity contribution in [2.75, 3.05) is 19.8 Å². The second-order valence-corrected chi connectivity index (χ2v) is 5.53. The van der Waals surface area contributed by atoms with Gasteiger partial charge in [0.2, 0.25) is 5.91 Å². The number of morpholine rings is 1. The van der Waals surface area contributed by atoms with Crippen LogP contribution in [0.5, 0.6) is 0 Å². The van der Waals surface area contributed by atoms with Crippen LogP contribution in [-0.2, 0) is 16.0 Å². The topological polar surface area (TPSA) is 50.4 Å². The van der Waals surface area contributed by atoms with Crippen LogP contribution in [0, 0.1) is 6.92 Å². The van der Waals surface area contributed by atoms with Gasteiger partial charge in [0.05, 0.1) is 13.2 Å². The van der Waals surface area contributed by atoms with Gasteiger partial charge in [0.15, 0.2) is 0 Å². The minimum atomic E-state index is 0. The molecule has 4 nitrogen and oxygen atoms in total. The first-order valence-corrected chi connectivity index (χ1v) is 7.30. The number of nitrogens with one attached hydrogen (secondary N) is 2. The molecule has 0 radical (unpaired) electrons. The summed E-state index contributed by atoms with van der Waals surface area (Å²) in [6.45, 7) is 6.35. The number of carbonyl (C=O) groups excluding carboxylic acids is 1. The molecule has 0 bridgehead atoms. The Hall–Kier alpha value is -1.10. The van der Waals surface area contributed by atoms with Gasteiger partial charge in [-0.3, -0.25) is 4.79 Å². The Morgan fingerprint density at radius 2 is 2.24 bits per heavy atom. The molecule has 2 unspecified atom stereocenters. The molecule has 0 saturated carbocycles. The highest BCUT2D eigenvalue weighted by molar-refractivity contribution is 5.85. The number of halogens is 1. The smallest absolute Gasteiger partial charge is 0.221 e. The van der Waals surface area contributed by atoms with E-state index in [0.29, 0.717) is 13.0 Å². The highest BCUT2D eigenvalue weighted by Gasteiger charge is 2.18. The fraction of sp³-hybridized carbons (Fsp3) is 0.562. The number of carbonyl (C=O) groups is 1. The largest absolute Gasteiger partial charge is 0.378 e. The van der Waals surface area contributed by atoms with Crippen LogP contribution in [-0.4, -0.2) is 37.7 Å². The first kappa shape index (κ1) is 18.0. The van der Waals surface area contributed by atoms with E-state index in [9.17, 15) is 4.79 Å². The van der Waals surface area contributed by atoms with Crippen LogP contribution in [0.2, 0.25) is 0 Å². The number of benzene rings is 1. The van der Waals surface area contributed by atoms with Gasteiger partial charge in [0, 0.05) is 25.0 Å². The molecule has 21 heavy (non-hydrogen) atoms. The molecule has 1 fully saturated rings. The van der Waals surface area contributed by atoms with Gasteiger partial charge in [-0.05, 0) is 31.4 Å². The SMILES string of the molecule is Cc1ccccc1CC(C)NC(=O)CC1COCCN1.Cl. The van der Waals surface area contributed by atoms with Crippen LogP contribution >= 0.6 is 12.4 Å². The Labute approximate surface area is 133 Å². The van der Waals surface area contributed by atoms with E-state index in [1.165, 1.54) is 11.1 Å². The van der Waals surface area contributed by atoms with Crippen LogP contribution < -0.4 is 10.6 Å². The van der Waals surface area contributed by atoms with Crippen molar-refractivity contribution in [3.05, 3.63) is 35.4 Å². The third-order valence-electron chi connectivity index (χ3n) is 3.62. The van der Waals surface area contributed by atoms with Crippen LogP contribution in [0.4, 0.5) is 0 Å². The lowest BCUT2D eigenvalue weighted by atomic mass is 10.0. The second-order valence-electron chi connectivity index (χ2n) is 5.53. The molecule has 0 spiro atoms. The molecule has 1 aliphatic heterocycles. The van der Waals surface area contributed by atoms with E-state index in [4.69, 9.17) is 4.74 Å². The summed E-state index contributed by atoms with van der Waals surface area (Å²) in [6, 6.07) is 8.60. The van der Waals surface area contributed by atoms with Gasteiger partial charge < -0.3 is 15.4 Å². The van der Waals surface area contributed by atoms with Crippen molar-refractivity contribution >= 4 is 18.3 Å². The highest BCUT2D eigenvalue weighted by Crippen LogP contribution is 2.10. The Kier molecular flexibility index (Phi) is 7.72. The molecule has 1 aromatic carbocycles. The third-order valence-corrected chi connectivity index (χ3v) is 3.62. The van der Waals surface area contributed by atoms with Crippen LogP contribution in [0.3, 0.4) is 0 Å². The van der Waals surface area contributed by atoms with E-state index in [0.717, 1.165) is 19.6 Å². The quantitative estimate of drug-likeness (QED) is 0.872. The van der Waals surface area contributed by atoms with Crippen LogP contribution in [0.15, 0.2) is 24.3 Å². The molecule has 0 aromatic heterocycles. The molecule has 2 N–H and O–H groups in total. The molecule has 5 heteroatoms. The van der Waals surface area contributed by atoms with E-state index < -0.39 is 0 Å². The van der Waals surface area contributed by atoms with E-state index in [1.807, 2.05) is 12.1 Å². The summed E-state index contributed by atoms with van der Waals surface area (Å²) in [4.78, 5) is 12.0. The molecule has 1 amide bonds. The summed E-state index contributed by atoms with van der Waals surface area (Å²) >= 11 is 0. The Bertz CT molecular complexity index is 448. The van der Waals surface area contributed by atoms with Crippen molar-refractivity contribution in [1.82, 2.24) is 10.6 Å². The molecular formula is C16H25ClN2O2. The van der Waals surface area contributed by atoms with Crippen LogP contribution in [0.25, 0.3) is 0 Å². The molecule has 1 aliphatic rings. The molecular weight excluding hydrogens is 288 g/mol. The lowest BCUT2D eigenvalue weighted by Crippen LogP contribution is -2.45. The first-order chi connectivity index (χ1) is 9.65. The summed E-state index contributed by atoms with van der Waals surface area (Å²) in [6.07, 6.45) is 1.35. The predicted octanol–water partition coefficient (Wildman–Crippen LogP) is 1.84. The minimum absolute atomic E-state index is 0. The maximum Gasteiger partial charge on any atom is 0.221 e. The van der Waals surface area contributed by atoms with Crippen molar-refractivity contribution in [3.8, 4) is 0 Å². The molecule has 1 saturated heterocycles. The van der Waals surface area contributed by atoms with Gasteiger partial charge in [-0.15, -0.1) is 12.4 Å². The van der Waals surface area contributed by atoms with Gasteiger partial charge in [0.25, 0.3) is 0 Å². The summed E-state index contributed by atoms with van der Waals surface area (Å²) in [5.41, 5.74) is 2.57. The second kappa shape index (κ2) is 9.03. The molecule has 0 aliphatic carbocycles. The Balaban J connectivity index is 0.00000220. The summed E-state index contributed by atoms with van der Waals surface area (Å²) < 4.78 is 5.36. The fourth-order valence-electron chi connectivity index (χ4n) is 2.53. The zero-order valence-corrected chi connectivity index (χ0v) is 13.5. The fourth-order valence-corrected chi connectivity index (χ4v) is 2.53. The van der Waals surface area contributed by atoms with Crippen molar-refractivity contribution in [2.24, 2.45) is 0 Å². The highest BCUT2D eigenvalue weighted by atomic mass is 35.5. The molecule has 2 rings (SSSR count). The van der Waals surface area contributed by atoms with E-state index >= 15 is 0 Å². The third kappa shape index (κ3) is 6.04. The van der Waals surface area contributed by atoms with Gasteiger partial charge in [-0.25, -0.2) is 0 Å². The Morgan fingerprint density at radius 1 is 1.48 bits per heavy atom. The van der Waals surface area contributed by atoms with Crippen LogP contribution in [0.1, 0.15) is 24.5 Å². The molecule has 2 atom stereocenters. The predicted molar refractivity (Wildman–Crippen MR) is 87.0 cm³/mol. The van der Waals surface area contributed by atoms with Gasteiger partial charge in [-0.1, -0.05) is 24.3 Å². The zero-order chi connectivity index (χ0) is 14.4. The lowest BCUT2D eigenvalue weighted by Gasteiger charge is -2.24. The summed E-state index contributed by atoms with van der Waals surface area (Å²) in [5.74, 6) is 0.0917. The van der Waals surface area contributed by atoms with Crippen molar-refractivity contribution in [3.63, 3.8) is 0 Å². The number of rotatable bonds is 5. The summed E-state index contributed by atoms with van der Waals surface area (Å²) in [5, 5.41) is 6.36. The van der Waals surface area contributed by atoms with Crippen molar-refractivity contribution < 1.29 is 9.53 Å². The van der Waals surface area contributed by atoms with Gasteiger partial charge in [-0.2, -0.15) is 0 Å². The van der Waals surface area contributed by atoms with E-state index in [2.05, 4.69) is 36.6 Å². The maximum atomic E-state index is 12.0. The zero-order valence-electron chi connectivity index (χ0n) is 12.7. The molecule has 1 aromatic rings. The normalized spacial score (nSPS) is 19.4. The number of amides is 1. The van der Waals surface area contributed by atoms with Crippen molar-refractivity contribution in [1.29, 1.82) is 0 Å². The Morgan fingerprint density at radius 3 is 2.90 bits per heavy atom. The molecule has 118 valence electrons. The minimum Gasteiger partial charge on any atom is -0.378 e. The number of ether oxygens (including phenoxy) is 1. The number of hydrogen-bond donors (Lipinski definition) is 2. The maximum absolute atomic E-state index is 12.0. The average Bonchev–Trinajstić information content (AvgIpc) is 2.42. The summed E-state index contributed by atoms with van der Waals surface area (Å²) in [7, 11) is 0. The molecule has 1 heterocycles. The monoisotopic (exact) mass is 312 g/mol. The van der Waals surface area contributed by atoms with Crippen molar-refractivity contribution in [2.45, 2.75) is 38.8 Å². The van der Waals surface area contributed by atoms with E-state index in [1.54, 1.807) is 0 Å². The number of hydrogen-bond acceptors (Lipinski definition) is 3. The first-order valence-electron chi connectivity index (χ1n) is 7.30.